The molecule has 3 rings (SSSR count). The predicted molar refractivity (Wildman–Crippen MR) is 107 cm³/mol. The number of hydrogen-bond donors (Lipinski definition) is 2. The van der Waals surface area contributed by atoms with Crippen LogP contribution in [0, 0.1) is 5.92 Å². The number of nitrogens with zero attached hydrogens (tertiary/aromatic N) is 1. The minimum atomic E-state index is -0.0313. The van der Waals surface area contributed by atoms with Crippen molar-refractivity contribution in [3.8, 4) is 11.5 Å². The van der Waals surface area contributed by atoms with E-state index in [-0.39, 0.29) is 36.8 Å². The van der Waals surface area contributed by atoms with Crippen LogP contribution in [-0.2, 0) is 4.79 Å². The number of piperazine rings is 1. The van der Waals surface area contributed by atoms with Crippen molar-refractivity contribution in [1.29, 1.82) is 0 Å². The standard InChI is InChI=1S/C18H27N3O3.2ClH/c1-13(2)18(20-17(22)12-21-7-5-19-6-8-21)14-3-4-15-16(11-14)24-10-9-23-15;;/h3-4,11,13,18-19H,5-10,12H2,1-2H3,(H,20,22);2*1H. The van der Waals surface area contributed by atoms with Crippen molar-refractivity contribution < 1.29 is 14.3 Å². The first-order valence-corrected chi connectivity index (χ1v) is 8.75. The average molecular weight is 406 g/mol. The molecule has 2 aliphatic rings. The lowest BCUT2D eigenvalue weighted by Crippen LogP contribution is -2.48. The van der Waals surface area contributed by atoms with Gasteiger partial charge in [0.2, 0.25) is 5.91 Å². The number of rotatable bonds is 5. The highest BCUT2D eigenvalue weighted by atomic mass is 35.5. The van der Waals surface area contributed by atoms with Crippen molar-refractivity contribution in [2.24, 2.45) is 5.92 Å². The van der Waals surface area contributed by atoms with Gasteiger partial charge in [0.05, 0.1) is 12.6 Å². The fourth-order valence-corrected chi connectivity index (χ4v) is 3.18. The van der Waals surface area contributed by atoms with E-state index in [1.165, 1.54) is 0 Å². The first-order valence-electron chi connectivity index (χ1n) is 8.75. The molecule has 0 radical (unpaired) electrons. The van der Waals surface area contributed by atoms with Crippen molar-refractivity contribution in [1.82, 2.24) is 15.5 Å². The van der Waals surface area contributed by atoms with Crippen molar-refractivity contribution in [2.45, 2.75) is 19.9 Å². The van der Waals surface area contributed by atoms with Crippen LogP contribution in [0.25, 0.3) is 0 Å². The van der Waals surface area contributed by atoms with Gasteiger partial charge in [0.15, 0.2) is 11.5 Å². The summed E-state index contributed by atoms with van der Waals surface area (Å²) >= 11 is 0. The second-order valence-electron chi connectivity index (χ2n) is 6.72. The first kappa shape index (κ1) is 22.8. The lowest BCUT2D eigenvalue weighted by atomic mass is 9.95. The van der Waals surface area contributed by atoms with E-state index >= 15 is 0 Å². The van der Waals surface area contributed by atoms with Crippen LogP contribution in [0.2, 0.25) is 0 Å². The Balaban J connectivity index is 0.00000169. The minimum absolute atomic E-state index is 0. The molecule has 1 fully saturated rings. The first-order chi connectivity index (χ1) is 11.6. The molecule has 0 saturated carbocycles. The van der Waals surface area contributed by atoms with Gasteiger partial charge < -0.3 is 20.1 Å². The summed E-state index contributed by atoms with van der Waals surface area (Å²) in [7, 11) is 0. The van der Waals surface area contributed by atoms with Crippen molar-refractivity contribution >= 4 is 30.7 Å². The molecule has 2 heterocycles. The molecule has 8 heteroatoms. The molecule has 0 aliphatic carbocycles. The van der Waals surface area contributed by atoms with E-state index in [4.69, 9.17) is 9.47 Å². The predicted octanol–water partition coefficient (Wildman–Crippen LogP) is 2.02. The maximum Gasteiger partial charge on any atom is 0.234 e. The van der Waals surface area contributed by atoms with Crippen LogP contribution < -0.4 is 20.1 Å². The molecule has 1 saturated heterocycles. The monoisotopic (exact) mass is 405 g/mol. The van der Waals surface area contributed by atoms with Crippen LogP contribution >= 0.6 is 24.8 Å². The van der Waals surface area contributed by atoms with E-state index in [1.54, 1.807) is 0 Å². The summed E-state index contributed by atoms with van der Waals surface area (Å²) in [4.78, 5) is 14.6. The zero-order valence-corrected chi connectivity index (χ0v) is 17.0. The summed E-state index contributed by atoms with van der Waals surface area (Å²) in [6.45, 7) is 9.58. The van der Waals surface area contributed by atoms with E-state index in [0.717, 1.165) is 43.2 Å². The smallest absolute Gasteiger partial charge is 0.234 e. The number of amides is 1. The molecular weight excluding hydrogens is 377 g/mol. The Bertz CT molecular complexity index is 581. The van der Waals surface area contributed by atoms with Gasteiger partial charge in [-0.3, -0.25) is 9.69 Å². The summed E-state index contributed by atoms with van der Waals surface area (Å²) in [6.07, 6.45) is 0. The highest BCUT2D eigenvalue weighted by Crippen LogP contribution is 2.34. The summed E-state index contributed by atoms with van der Waals surface area (Å²) in [5, 5.41) is 6.49. The van der Waals surface area contributed by atoms with Gasteiger partial charge in [-0.25, -0.2) is 0 Å². The molecule has 0 spiro atoms. The molecule has 1 aromatic carbocycles. The summed E-state index contributed by atoms with van der Waals surface area (Å²) in [5.74, 6) is 1.91. The normalized spacial score (nSPS) is 17.7. The molecule has 148 valence electrons. The molecular formula is C18H29Cl2N3O3. The third kappa shape index (κ3) is 5.91. The number of fused-ring (bicyclic) bond motifs is 1. The lowest BCUT2D eigenvalue weighted by Gasteiger charge is -2.29. The maximum atomic E-state index is 12.5. The van der Waals surface area contributed by atoms with E-state index in [9.17, 15) is 4.79 Å². The average Bonchev–Trinajstić information content (AvgIpc) is 2.60. The van der Waals surface area contributed by atoms with Crippen molar-refractivity contribution in [3.05, 3.63) is 23.8 Å². The summed E-state index contributed by atoms with van der Waals surface area (Å²) < 4.78 is 11.2. The Morgan fingerprint density at radius 3 is 2.46 bits per heavy atom. The van der Waals surface area contributed by atoms with Gasteiger partial charge in [-0.05, 0) is 23.6 Å². The molecule has 6 nitrogen and oxygen atoms in total. The van der Waals surface area contributed by atoms with Gasteiger partial charge in [0, 0.05) is 26.2 Å². The third-order valence-corrected chi connectivity index (χ3v) is 4.49. The van der Waals surface area contributed by atoms with Gasteiger partial charge in [-0.1, -0.05) is 19.9 Å². The van der Waals surface area contributed by atoms with Gasteiger partial charge >= 0.3 is 0 Å². The molecule has 26 heavy (non-hydrogen) atoms. The van der Waals surface area contributed by atoms with Crippen LogP contribution in [0.5, 0.6) is 11.5 Å². The Morgan fingerprint density at radius 1 is 1.15 bits per heavy atom. The van der Waals surface area contributed by atoms with Crippen molar-refractivity contribution in [2.75, 3.05) is 45.9 Å². The molecule has 0 bridgehead atoms. The zero-order valence-electron chi connectivity index (χ0n) is 15.3. The van der Waals surface area contributed by atoms with E-state index in [2.05, 4.69) is 29.4 Å². The minimum Gasteiger partial charge on any atom is -0.486 e. The molecule has 1 unspecified atom stereocenters. The number of ether oxygens (including phenoxy) is 2. The van der Waals surface area contributed by atoms with Crippen LogP contribution in [0.1, 0.15) is 25.5 Å². The van der Waals surface area contributed by atoms with Crippen LogP contribution in [0.3, 0.4) is 0 Å². The number of halogens is 2. The Labute approximate surface area is 167 Å². The fourth-order valence-electron chi connectivity index (χ4n) is 3.18. The molecule has 2 N–H and O–H groups in total. The fraction of sp³-hybridized carbons (Fsp3) is 0.611. The second-order valence-corrected chi connectivity index (χ2v) is 6.72. The largest absolute Gasteiger partial charge is 0.486 e. The molecule has 1 aromatic rings. The molecule has 2 aliphatic heterocycles. The lowest BCUT2D eigenvalue weighted by molar-refractivity contribution is -0.123. The summed E-state index contributed by atoms with van der Waals surface area (Å²) in [5.41, 5.74) is 1.06. The topological polar surface area (TPSA) is 62.8 Å². The number of carbonyl (C=O) groups excluding carboxylic acids is 1. The highest BCUT2D eigenvalue weighted by molar-refractivity contribution is 5.85. The van der Waals surface area contributed by atoms with Crippen LogP contribution in [0.15, 0.2) is 18.2 Å². The Morgan fingerprint density at radius 2 is 1.81 bits per heavy atom. The van der Waals surface area contributed by atoms with E-state index in [1.807, 2.05) is 18.2 Å². The maximum absolute atomic E-state index is 12.5. The number of nitrogens with one attached hydrogen (secondary N) is 2. The van der Waals surface area contributed by atoms with Gasteiger partial charge in [0.25, 0.3) is 0 Å². The van der Waals surface area contributed by atoms with E-state index in [0.29, 0.717) is 25.7 Å². The molecule has 1 atom stereocenters. The third-order valence-electron chi connectivity index (χ3n) is 4.49. The second kappa shape index (κ2) is 10.8. The SMILES string of the molecule is CC(C)C(NC(=O)CN1CCNCC1)c1ccc2c(c1)OCCO2.Cl.Cl. The van der Waals surface area contributed by atoms with Gasteiger partial charge in [0.1, 0.15) is 13.2 Å². The van der Waals surface area contributed by atoms with Crippen LogP contribution in [0.4, 0.5) is 0 Å². The number of benzene rings is 1. The number of hydrogen-bond acceptors (Lipinski definition) is 5. The van der Waals surface area contributed by atoms with Crippen LogP contribution in [-0.4, -0.2) is 56.7 Å². The Hall–Kier alpha value is -1.21. The van der Waals surface area contributed by atoms with Gasteiger partial charge in [-0.2, -0.15) is 0 Å². The van der Waals surface area contributed by atoms with Gasteiger partial charge in [-0.15, -0.1) is 24.8 Å². The quantitative estimate of drug-likeness (QED) is 0.784. The Kier molecular flexibility index (Phi) is 9.50. The summed E-state index contributed by atoms with van der Waals surface area (Å²) in [6, 6.07) is 5.91. The molecule has 1 amide bonds. The van der Waals surface area contributed by atoms with Crippen molar-refractivity contribution in [3.63, 3.8) is 0 Å². The number of carbonyl (C=O) groups is 1. The molecule has 0 aromatic heterocycles. The zero-order chi connectivity index (χ0) is 16.9. The highest BCUT2D eigenvalue weighted by Gasteiger charge is 2.22. The van der Waals surface area contributed by atoms with E-state index < -0.39 is 0 Å².